The van der Waals surface area contributed by atoms with Gasteiger partial charge in [0.05, 0.1) is 0 Å². The Bertz CT molecular complexity index is 1550. The minimum Gasteiger partial charge on any atom is -0.462 e. The maximum absolute atomic E-state index is 12.7. The Kier molecular flexibility index (Phi) is 45.3. The maximum Gasteiger partial charge on any atom is 0.306 e. The van der Waals surface area contributed by atoms with Crippen LogP contribution in [0.5, 0.6) is 0 Å². The number of allylic oxidation sites excluding steroid dienone is 28. The Hall–Kier alpha value is -5.23. The Labute approximate surface area is 383 Å². The van der Waals surface area contributed by atoms with Gasteiger partial charge < -0.3 is 14.2 Å². The number of unbranched alkanes of at least 4 members (excludes halogenated alkanes) is 10. The van der Waals surface area contributed by atoms with Crippen molar-refractivity contribution in [1.82, 2.24) is 0 Å². The predicted octanol–water partition coefficient (Wildman–Crippen LogP) is 15.6. The molecule has 0 bridgehead atoms. The summed E-state index contributed by atoms with van der Waals surface area (Å²) in [6, 6.07) is 0. The van der Waals surface area contributed by atoms with E-state index < -0.39 is 12.1 Å². The van der Waals surface area contributed by atoms with Gasteiger partial charge in [0.1, 0.15) is 13.2 Å². The van der Waals surface area contributed by atoms with Crippen molar-refractivity contribution in [1.29, 1.82) is 0 Å². The van der Waals surface area contributed by atoms with E-state index in [1.807, 2.05) is 134 Å². The average molecular weight is 863 g/mol. The van der Waals surface area contributed by atoms with Crippen molar-refractivity contribution >= 4 is 17.9 Å². The standard InChI is InChI=1S/C57H82O6/c1-4-7-10-13-16-19-22-25-26-27-28-29-30-33-35-38-41-44-47-50-56(59)62-53-54(63-57(60)51-48-45-42-39-36-32-24-21-18-15-12-9-6-3)52-61-55(58)49-46-43-40-37-34-31-23-20-17-14-11-8-5-2/h7,9-10,12-13,15-16,18-19,21-22,24-36,39-40,42-43,54H,4-6,8,11,14,17,20,23,37-38,41,44-53H2,1-3H3/b10-7+,12-9+,16-13+,18-15+,22-19+,24-21+,26-25+,28-27+,30-29+,34-31+,35-33+,36-32+,42-39+,43-40+. The van der Waals surface area contributed by atoms with Gasteiger partial charge in [0.25, 0.3) is 0 Å². The molecule has 0 fully saturated rings. The largest absolute Gasteiger partial charge is 0.462 e. The fourth-order valence-corrected chi connectivity index (χ4v) is 5.51. The number of ether oxygens (including phenoxy) is 3. The second-order valence-corrected chi connectivity index (χ2v) is 14.9. The molecule has 0 spiro atoms. The lowest BCUT2D eigenvalue weighted by atomic mass is 10.1. The summed E-state index contributed by atoms with van der Waals surface area (Å²) in [7, 11) is 0. The molecule has 0 amide bonds. The molecular formula is C57H82O6. The number of esters is 3. The van der Waals surface area contributed by atoms with Crippen LogP contribution in [0.3, 0.4) is 0 Å². The summed E-state index contributed by atoms with van der Waals surface area (Å²) in [5.41, 5.74) is 0. The van der Waals surface area contributed by atoms with Gasteiger partial charge in [-0.1, -0.05) is 229 Å². The van der Waals surface area contributed by atoms with Crippen LogP contribution in [0.4, 0.5) is 0 Å². The van der Waals surface area contributed by atoms with Crippen molar-refractivity contribution in [2.24, 2.45) is 0 Å². The van der Waals surface area contributed by atoms with Gasteiger partial charge in [-0.25, -0.2) is 0 Å². The van der Waals surface area contributed by atoms with E-state index in [1.54, 1.807) is 0 Å². The summed E-state index contributed by atoms with van der Waals surface area (Å²) in [6.45, 7) is 6.13. The van der Waals surface area contributed by atoms with Crippen LogP contribution in [0.25, 0.3) is 0 Å². The lowest BCUT2D eigenvalue weighted by molar-refractivity contribution is -0.166. The van der Waals surface area contributed by atoms with Crippen molar-refractivity contribution < 1.29 is 28.6 Å². The van der Waals surface area contributed by atoms with Crippen LogP contribution >= 0.6 is 0 Å². The number of carbonyl (C=O) groups is 3. The normalized spacial score (nSPS) is 13.6. The second-order valence-electron chi connectivity index (χ2n) is 14.9. The van der Waals surface area contributed by atoms with Crippen molar-refractivity contribution in [3.05, 3.63) is 170 Å². The molecule has 0 heterocycles. The first-order valence-corrected chi connectivity index (χ1v) is 23.8. The molecule has 346 valence electrons. The van der Waals surface area contributed by atoms with E-state index in [2.05, 4.69) is 57.2 Å². The molecule has 0 N–H and O–H groups in total. The van der Waals surface area contributed by atoms with Gasteiger partial charge in [0, 0.05) is 19.3 Å². The van der Waals surface area contributed by atoms with E-state index in [-0.39, 0.29) is 44.4 Å². The van der Waals surface area contributed by atoms with E-state index in [4.69, 9.17) is 14.2 Å². The summed E-state index contributed by atoms with van der Waals surface area (Å²) in [4.78, 5) is 37.8. The smallest absolute Gasteiger partial charge is 0.306 e. The fraction of sp³-hybridized carbons (Fsp3) is 0.456. The average Bonchev–Trinajstić information content (AvgIpc) is 3.28. The Balaban J connectivity index is 4.69. The zero-order chi connectivity index (χ0) is 45.8. The molecule has 6 heteroatoms. The molecule has 6 nitrogen and oxygen atoms in total. The van der Waals surface area contributed by atoms with E-state index >= 15 is 0 Å². The van der Waals surface area contributed by atoms with Crippen LogP contribution in [-0.4, -0.2) is 37.2 Å². The quantitative estimate of drug-likeness (QED) is 0.0201. The highest BCUT2D eigenvalue weighted by molar-refractivity contribution is 5.71. The molecule has 0 saturated carbocycles. The number of carbonyl (C=O) groups excluding carboxylic acids is 3. The monoisotopic (exact) mass is 863 g/mol. The number of hydrogen-bond acceptors (Lipinski definition) is 6. The fourth-order valence-electron chi connectivity index (χ4n) is 5.51. The first-order chi connectivity index (χ1) is 31.0. The zero-order valence-corrected chi connectivity index (χ0v) is 39.2. The topological polar surface area (TPSA) is 78.9 Å². The van der Waals surface area contributed by atoms with Gasteiger partial charge in [0.15, 0.2) is 6.10 Å². The van der Waals surface area contributed by atoms with E-state index in [0.717, 1.165) is 44.9 Å². The predicted molar refractivity (Wildman–Crippen MR) is 269 cm³/mol. The Morgan fingerprint density at radius 2 is 0.730 bits per heavy atom. The molecule has 0 aromatic heterocycles. The summed E-state index contributed by atoms with van der Waals surface area (Å²) in [5, 5.41) is 0. The van der Waals surface area contributed by atoms with Crippen LogP contribution < -0.4 is 0 Å². The van der Waals surface area contributed by atoms with Crippen LogP contribution in [0.1, 0.15) is 149 Å². The highest BCUT2D eigenvalue weighted by Gasteiger charge is 2.19. The maximum atomic E-state index is 12.7. The van der Waals surface area contributed by atoms with Crippen LogP contribution in [-0.2, 0) is 28.6 Å². The van der Waals surface area contributed by atoms with Gasteiger partial charge in [-0.15, -0.1) is 0 Å². The van der Waals surface area contributed by atoms with Gasteiger partial charge >= 0.3 is 17.9 Å². The molecule has 1 unspecified atom stereocenters. The summed E-state index contributed by atoms with van der Waals surface area (Å²) < 4.78 is 16.6. The Morgan fingerprint density at radius 3 is 1.24 bits per heavy atom. The highest BCUT2D eigenvalue weighted by Crippen LogP contribution is 2.10. The lowest BCUT2D eigenvalue weighted by Gasteiger charge is -2.18. The molecule has 0 aliphatic carbocycles. The molecule has 0 aromatic rings. The lowest BCUT2D eigenvalue weighted by Crippen LogP contribution is -2.30. The van der Waals surface area contributed by atoms with Crippen molar-refractivity contribution in [3.8, 4) is 0 Å². The van der Waals surface area contributed by atoms with Crippen molar-refractivity contribution in [2.75, 3.05) is 13.2 Å². The Morgan fingerprint density at radius 1 is 0.349 bits per heavy atom. The minimum atomic E-state index is -0.865. The zero-order valence-electron chi connectivity index (χ0n) is 39.2. The summed E-state index contributed by atoms with van der Waals surface area (Å²) >= 11 is 0. The van der Waals surface area contributed by atoms with Crippen LogP contribution in [0, 0.1) is 0 Å². The molecular weight excluding hydrogens is 781 g/mol. The third-order valence-corrected chi connectivity index (χ3v) is 9.02. The third-order valence-electron chi connectivity index (χ3n) is 9.02. The molecule has 0 aromatic carbocycles. The molecule has 0 radical (unpaired) electrons. The molecule has 1 atom stereocenters. The molecule has 0 rings (SSSR count). The molecule has 0 saturated heterocycles. The number of hydrogen-bond donors (Lipinski definition) is 0. The van der Waals surface area contributed by atoms with Gasteiger partial charge in [-0.3, -0.25) is 14.4 Å². The van der Waals surface area contributed by atoms with E-state index in [1.165, 1.54) is 38.5 Å². The van der Waals surface area contributed by atoms with Gasteiger partial charge in [-0.2, -0.15) is 0 Å². The summed E-state index contributed by atoms with van der Waals surface area (Å²) in [5.74, 6) is -1.16. The molecule has 0 aliphatic heterocycles. The third kappa shape index (κ3) is 47.7. The number of rotatable bonds is 39. The molecule has 63 heavy (non-hydrogen) atoms. The first-order valence-electron chi connectivity index (χ1n) is 23.8. The minimum absolute atomic E-state index is 0.157. The second kappa shape index (κ2) is 49.4. The SMILES string of the molecule is CC/C=C/C=C/C=C/C=C/C=C/C=C/C=C/CCCCCC(=O)OCC(COC(=O)CC/C=C/C/C=C/CCCCCCCC)OC(=O)CCC/C=C/C=C/C=C/C=C/C=C/CC. The highest BCUT2D eigenvalue weighted by atomic mass is 16.6. The first kappa shape index (κ1) is 57.8. The van der Waals surface area contributed by atoms with E-state index in [9.17, 15) is 14.4 Å². The van der Waals surface area contributed by atoms with Crippen molar-refractivity contribution in [2.45, 2.75) is 155 Å². The van der Waals surface area contributed by atoms with Gasteiger partial charge in [-0.05, 0) is 70.6 Å². The van der Waals surface area contributed by atoms with Crippen LogP contribution in [0.2, 0.25) is 0 Å². The van der Waals surface area contributed by atoms with E-state index in [0.29, 0.717) is 25.7 Å². The molecule has 0 aliphatic rings. The van der Waals surface area contributed by atoms with Crippen molar-refractivity contribution in [3.63, 3.8) is 0 Å². The summed E-state index contributed by atoms with van der Waals surface area (Å²) in [6.07, 6.45) is 73.5. The van der Waals surface area contributed by atoms with Gasteiger partial charge in [0.2, 0.25) is 0 Å². The van der Waals surface area contributed by atoms with Crippen LogP contribution in [0.15, 0.2) is 170 Å².